The monoisotopic (exact) mass is 254 g/mol. The topological polar surface area (TPSA) is 35.8 Å². The van der Waals surface area contributed by atoms with Gasteiger partial charge in [-0.3, -0.25) is 5.32 Å². The summed E-state index contributed by atoms with van der Waals surface area (Å²) in [6, 6.07) is 3.15. The van der Waals surface area contributed by atoms with Crippen molar-refractivity contribution in [2.24, 2.45) is 0 Å². The molecule has 1 aliphatic rings. The molecule has 0 amide bonds. The number of nitriles is 1. The summed E-state index contributed by atoms with van der Waals surface area (Å²) in [7, 11) is 0. The normalized spacial score (nSPS) is 18.6. The summed E-state index contributed by atoms with van der Waals surface area (Å²) in [5.41, 5.74) is -0.244. The Morgan fingerprint density at radius 1 is 1.29 bits per heavy atom. The Morgan fingerprint density at radius 2 is 2.00 bits per heavy atom. The predicted molar refractivity (Wildman–Crippen MR) is 76.3 cm³/mol. The van der Waals surface area contributed by atoms with Gasteiger partial charge in [0, 0.05) is 6.04 Å². The molecule has 0 aliphatic heterocycles. The summed E-state index contributed by atoms with van der Waals surface area (Å²) in [5, 5.41) is 12.9. The first-order chi connectivity index (χ1) is 8.26. The quantitative estimate of drug-likeness (QED) is 0.603. The molecular weight excluding hydrogens is 228 g/mol. The molecule has 1 saturated carbocycles. The van der Waals surface area contributed by atoms with Gasteiger partial charge in [0.2, 0.25) is 0 Å². The minimum atomic E-state index is -0.244. The molecule has 1 atom stereocenters. The Labute approximate surface area is 111 Å². The van der Waals surface area contributed by atoms with Gasteiger partial charge < -0.3 is 0 Å². The van der Waals surface area contributed by atoms with Gasteiger partial charge in [-0.05, 0) is 50.0 Å². The predicted octanol–water partition coefficient (Wildman–Crippen LogP) is 3.72. The highest BCUT2D eigenvalue weighted by Gasteiger charge is 2.34. The Hall–Kier alpha value is -0.200. The highest BCUT2D eigenvalue weighted by atomic mass is 32.2. The fraction of sp³-hybridized carbons (Fsp3) is 0.929. The van der Waals surface area contributed by atoms with Gasteiger partial charge in [0.05, 0.1) is 6.07 Å². The van der Waals surface area contributed by atoms with Gasteiger partial charge in [0.1, 0.15) is 5.54 Å². The molecular formula is C14H26N2S. The number of rotatable bonds is 10. The first kappa shape index (κ1) is 14.9. The molecule has 1 N–H and O–H groups in total. The van der Waals surface area contributed by atoms with Crippen LogP contribution in [0.15, 0.2) is 0 Å². The van der Waals surface area contributed by atoms with Crippen LogP contribution in [0.2, 0.25) is 0 Å². The van der Waals surface area contributed by atoms with E-state index in [1.165, 1.54) is 37.2 Å². The number of hydrogen-bond donors (Lipinski definition) is 1. The van der Waals surface area contributed by atoms with E-state index >= 15 is 0 Å². The molecule has 2 nitrogen and oxygen atoms in total. The number of nitrogens with one attached hydrogen (secondary N) is 1. The first-order valence-corrected chi connectivity index (χ1v) is 8.18. The maximum Gasteiger partial charge on any atom is 0.106 e. The van der Waals surface area contributed by atoms with Crippen molar-refractivity contribution in [3.8, 4) is 6.07 Å². The number of hydrogen-bond acceptors (Lipinski definition) is 3. The highest BCUT2D eigenvalue weighted by Crippen LogP contribution is 2.27. The van der Waals surface area contributed by atoms with E-state index in [0.717, 1.165) is 19.3 Å². The van der Waals surface area contributed by atoms with Gasteiger partial charge in [0.15, 0.2) is 0 Å². The molecule has 0 aromatic rings. The third-order valence-electron chi connectivity index (χ3n) is 3.41. The van der Waals surface area contributed by atoms with Crippen LogP contribution in [0.3, 0.4) is 0 Å². The van der Waals surface area contributed by atoms with Gasteiger partial charge >= 0.3 is 0 Å². The van der Waals surface area contributed by atoms with Crippen LogP contribution < -0.4 is 5.32 Å². The maximum absolute atomic E-state index is 9.37. The van der Waals surface area contributed by atoms with E-state index < -0.39 is 0 Å². The maximum atomic E-state index is 9.37. The Kier molecular flexibility index (Phi) is 6.99. The lowest BCUT2D eigenvalue weighted by Crippen LogP contribution is -2.44. The minimum Gasteiger partial charge on any atom is -0.297 e. The van der Waals surface area contributed by atoms with E-state index in [2.05, 4.69) is 25.2 Å². The van der Waals surface area contributed by atoms with Crippen LogP contribution in [0.5, 0.6) is 0 Å². The van der Waals surface area contributed by atoms with Crippen LogP contribution in [0.1, 0.15) is 58.8 Å². The van der Waals surface area contributed by atoms with E-state index in [9.17, 15) is 5.26 Å². The molecule has 0 saturated heterocycles. The van der Waals surface area contributed by atoms with E-state index in [-0.39, 0.29) is 5.54 Å². The zero-order valence-corrected chi connectivity index (χ0v) is 12.1. The molecule has 0 aromatic carbocycles. The van der Waals surface area contributed by atoms with Gasteiger partial charge in [-0.1, -0.05) is 20.3 Å². The lowest BCUT2D eigenvalue weighted by molar-refractivity contribution is 0.367. The van der Waals surface area contributed by atoms with E-state index in [4.69, 9.17) is 0 Å². The van der Waals surface area contributed by atoms with Crippen molar-refractivity contribution in [2.45, 2.75) is 70.4 Å². The smallest absolute Gasteiger partial charge is 0.106 e. The molecule has 1 aliphatic carbocycles. The number of thioether (sulfide) groups is 1. The summed E-state index contributed by atoms with van der Waals surface area (Å²) < 4.78 is 0. The second-order valence-corrected chi connectivity index (χ2v) is 6.26. The molecule has 0 bridgehead atoms. The minimum absolute atomic E-state index is 0.244. The largest absolute Gasteiger partial charge is 0.297 e. The molecule has 1 fully saturated rings. The van der Waals surface area contributed by atoms with Crippen LogP contribution in [-0.2, 0) is 0 Å². The zero-order chi connectivity index (χ0) is 12.6. The molecule has 0 aromatic heterocycles. The van der Waals surface area contributed by atoms with Gasteiger partial charge in [-0.2, -0.15) is 17.0 Å². The summed E-state index contributed by atoms with van der Waals surface area (Å²) in [6.45, 7) is 4.36. The highest BCUT2D eigenvalue weighted by molar-refractivity contribution is 7.99. The van der Waals surface area contributed by atoms with Crippen molar-refractivity contribution >= 4 is 11.8 Å². The molecule has 0 spiro atoms. The molecule has 1 rings (SSSR count). The van der Waals surface area contributed by atoms with Crippen molar-refractivity contribution in [1.82, 2.24) is 5.32 Å². The fourth-order valence-electron chi connectivity index (χ4n) is 1.96. The van der Waals surface area contributed by atoms with Crippen molar-refractivity contribution in [1.29, 1.82) is 5.26 Å². The van der Waals surface area contributed by atoms with Gasteiger partial charge in [-0.25, -0.2) is 0 Å². The summed E-state index contributed by atoms with van der Waals surface area (Å²) in [6.07, 6.45) is 8.23. The van der Waals surface area contributed by atoms with E-state index in [0.29, 0.717) is 6.04 Å². The molecule has 1 unspecified atom stereocenters. The summed E-state index contributed by atoms with van der Waals surface area (Å²) >= 11 is 2.04. The lowest BCUT2D eigenvalue weighted by atomic mass is 9.92. The van der Waals surface area contributed by atoms with Crippen LogP contribution in [0.4, 0.5) is 0 Å². The molecule has 17 heavy (non-hydrogen) atoms. The zero-order valence-electron chi connectivity index (χ0n) is 11.3. The van der Waals surface area contributed by atoms with E-state index in [1.54, 1.807) is 0 Å². The SMILES string of the molecule is CCCCSCCCC(C#N)(CC)NC1CC1. The van der Waals surface area contributed by atoms with Crippen molar-refractivity contribution in [2.75, 3.05) is 11.5 Å². The summed E-state index contributed by atoms with van der Waals surface area (Å²) in [4.78, 5) is 0. The van der Waals surface area contributed by atoms with Crippen LogP contribution in [-0.4, -0.2) is 23.1 Å². The van der Waals surface area contributed by atoms with E-state index in [1.807, 2.05) is 11.8 Å². The standard InChI is InChI=1S/C14H26N2S/c1-3-5-10-17-11-6-9-14(4-2,12-15)16-13-7-8-13/h13,16H,3-11H2,1-2H3. The summed E-state index contributed by atoms with van der Waals surface area (Å²) in [5.74, 6) is 2.48. The van der Waals surface area contributed by atoms with Gasteiger partial charge in [0.25, 0.3) is 0 Å². The van der Waals surface area contributed by atoms with Crippen LogP contribution in [0, 0.1) is 11.3 Å². The third kappa shape index (κ3) is 5.79. The Morgan fingerprint density at radius 3 is 2.53 bits per heavy atom. The van der Waals surface area contributed by atoms with Crippen molar-refractivity contribution < 1.29 is 0 Å². The van der Waals surface area contributed by atoms with Crippen LogP contribution in [0.25, 0.3) is 0 Å². The van der Waals surface area contributed by atoms with Crippen molar-refractivity contribution in [3.05, 3.63) is 0 Å². The second-order valence-electron chi connectivity index (χ2n) is 5.04. The third-order valence-corrected chi connectivity index (χ3v) is 4.56. The molecule has 0 heterocycles. The Balaban J connectivity index is 2.17. The van der Waals surface area contributed by atoms with Crippen molar-refractivity contribution in [3.63, 3.8) is 0 Å². The number of nitrogens with zero attached hydrogens (tertiary/aromatic N) is 1. The molecule has 0 radical (unpaired) electrons. The second kappa shape index (κ2) is 8.00. The average Bonchev–Trinajstić information content (AvgIpc) is 3.16. The average molecular weight is 254 g/mol. The first-order valence-electron chi connectivity index (χ1n) is 7.03. The fourth-order valence-corrected chi connectivity index (χ4v) is 3.01. The van der Waals surface area contributed by atoms with Crippen LogP contribution >= 0.6 is 11.8 Å². The lowest BCUT2D eigenvalue weighted by Gasteiger charge is -2.26. The number of unbranched alkanes of at least 4 members (excludes halogenated alkanes) is 1. The molecule has 98 valence electrons. The Bertz CT molecular complexity index is 245. The van der Waals surface area contributed by atoms with Gasteiger partial charge in [-0.15, -0.1) is 0 Å². The molecule has 3 heteroatoms.